The second kappa shape index (κ2) is 2.95. The van der Waals surface area contributed by atoms with Crippen LogP contribution in [-0.4, -0.2) is 15.3 Å². The first-order valence-corrected chi connectivity index (χ1v) is 4.17. The van der Waals surface area contributed by atoms with Crippen molar-refractivity contribution in [2.45, 2.75) is 19.4 Å². The Morgan fingerprint density at radius 2 is 2.14 bits per heavy atom. The average molecular weight is 194 g/mol. The molecule has 5 nitrogen and oxygen atoms in total. The topological polar surface area (TPSA) is 72.3 Å². The van der Waals surface area contributed by atoms with Crippen molar-refractivity contribution in [2.75, 3.05) is 0 Å². The fourth-order valence-corrected chi connectivity index (χ4v) is 0.970. The van der Waals surface area contributed by atoms with Crippen LogP contribution in [0.5, 0.6) is 0 Å². The molecule has 1 N–H and O–H groups in total. The molecule has 0 radical (unpaired) electrons. The van der Waals surface area contributed by atoms with Crippen LogP contribution in [0.25, 0.3) is 11.7 Å². The van der Waals surface area contributed by atoms with Crippen molar-refractivity contribution in [3.05, 3.63) is 24.3 Å². The normalized spacial score (nSPS) is 11.9. The molecule has 0 saturated carbocycles. The molecule has 0 atom stereocenters. The highest BCUT2D eigenvalue weighted by Crippen LogP contribution is 2.23. The molecule has 2 rings (SSSR count). The summed E-state index contributed by atoms with van der Waals surface area (Å²) >= 11 is 0. The molecule has 14 heavy (non-hydrogen) atoms. The number of rotatable bonds is 2. The highest BCUT2D eigenvalue weighted by atomic mass is 16.4. The van der Waals surface area contributed by atoms with Gasteiger partial charge in [-0.05, 0) is 26.0 Å². The number of aromatic nitrogens is 2. The van der Waals surface area contributed by atoms with E-state index in [2.05, 4.69) is 10.2 Å². The van der Waals surface area contributed by atoms with E-state index in [0.717, 1.165) is 0 Å². The van der Waals surface area contributed by atoms with Crippen molar-refractivity contribution in [3.63, 3.8) is 0 Å². The minimum absolute atomic E-state index is 0.170. The van der Waals surface area contributed by atoms with Crippen molar-refractivity contribution in [1.29, 1.82) is 0 Å². The molecule has 0 saturated heterocycles. The van der Waals surface area contributed by atoms with Gasteiger partial charge in [0.15, 0.2) is 5.76 Å². The summed E-state index contributed by atoms with van der Waals surface area (Å²) < 4.78 is 10.3. The Hall–Kier alpha value is -1.62. The minimum atomic E-state index is -1.13. The minimum Gasteiger partial charge on any atom is -0.459 e. The zero-order chi connectivity index (χ0) is 10.2. The van der Waals surface area contributed by atoms with Gasteiger partial charge < -0.3 is 13.9 Å². The van der Waals surface area contributed by atoms with E-state index in [1.165, 1.54) is 6.26 Å². The molecule has 2 aromatic heterocycles. The van der Waals surface area contributed by atoms with Gasteiger partial charge in [-0.3, -0.25) is 0 Å². The second-order valence-corrected chi connectivity index (χ2v) is 3.45. The highest BCUT2D eigenvalue weighted by molar-refractivity contribution is 5.42. The zero-order valence-electron chi connectivity index (χ0n) is 7.89. The number of aliphatic hydroxyl groups is 1. The lowest BCUT2D eigenvalue weighted by Crippen LogP contribution is -2.15. The quantitative estimate of drug-likeness (QED) is 0.785. The van der Waals surface area contributed by atoms with Crippen molar-refractivity contribution >= 4 is 0 Å². The first kappa shape index (κ1) is 8.96. The lowest BCUT2D eigenvalue weighted by molar-refractivity contribution is 0.0486. The Morgan fingerprint density at radius 1 is 1.36 bits per heavy atom. The van der Waals surface area contributed by atoms with Gasteiger partial charge >= 0.3 is 0 Å². The van der Waals surface area contributed by atoms with Gasteiger partial charge in [0.05, 0.1) is 6.26 Å². The highest BCUT2D eigenvalue weighted by Gasteiger charge is 2.24. The van der Waals surface area contributed by atoms with E-state index in [1.807, 2.05) is 0 Å². The van der Waals surface area contributed by atoms with Gasteiger partial charge in [0.25, 0.3) is 5.89 Å². The van der Waals surface area contributed by atoms with E-state index < -0.39 is 5.60 Å². The number of nitrogens with zero attached hydrogens (tertiary/aromatic N) is 2. The first-order chi connectivity index (χ1) is 6.57. The molecule has 0 fully saturated rings. The summed E-state index contributed by atoms with van der Waals surface area (Å²) in [6.07, 6.45) is 1.52. The van der Waals surface area contributed by atoms with Gasteiger partial charge in [0.1, 0.15) is 5.60 Å². The van der Waals surface area contributed by atoms with E-state index in [9.17, 15) is 5.11 Å². The molecular weight excluding hydrogens is 184 g/mol. The van der Waals surface area contributed by atoms with E-state index in [4.69, 9.17) is 8.83 Å². The summed E-state index contributed by atoms with van der Waals surface area (Å²) in [5, 5.41) is 17.0. The number of furan rings is 1. The molecule has 2 aromatic rings. The summed E-state index contributed by atoms with van der Waals surface area (Å²) in [6.45, 7) is 3.15. The SMILES string of the molecule is CC(C)(O)c1nnc(-c2ccco2)o1. The van der Waals surface area contributed by atoms with Crippen LogP contribution < -0.4 is 0 Å². The fourth-order valence-electron chi connectivity index (χ4n) is 0.970. The van der Waals surface area contributed by atoms with E-state index in [-0.39, 0.29) is 11.8 Å². The van der Waals surface area contributed by atoms with E-state index >= 15 is 0 Å². The zero-order valence-corrected chi connectivity index (χ0v) is 7.89. The van der Waals surface area contributed by atoms with Gasteiger partial charge in [0.2, 0.25) is 5.89 Å². The molecule has 5 heteroatoms. The van der Waals surface area contributed by atoms with Gasteiger partial charge in [-0.15, -0.1) is 10.2 Å². The predicted octanol–water partition coefficient (Wildman–Crippen LogP) is 1.56. The Kier molecular flexibility index (Phi) is 1.89. The van der Waals surface area contributed by atoms with Crippen molar-refractivity contribution in [2.24, 2.45) is 0 Å². The van der Waals surface area contributed by atoms with Crippen LogP contribution >= 0.6 is 0 Å². The lowest BCUT2D eigenvalue weighted by Gasteiger charge is -2.09. The van der Waals surface area contributed by atoms with Crippen molar-refractivity contribution in [3.8, 4) is 11.7 Å². The molecule has 0 amide bonds. The summed E-state index contributed by atoms with van der Waals surface area (Å²) in [7, 11) is 0. The molecule has 0 aromatic carbocycles. The van der Waals surface area contributed by atoms with Gasteiger partial charge in [-0.25, -0.2) is 0 Å². The molecule has 0 aliphatic rings. The monoisotopic (exact) mass is 194 g/mol. The molecule has 0 aliphatic carbocycles. The Morgan fingerprint density at radius 3 is 2.64 bits per heavy atom. The van der Waals surface area contributed by atoms with Crippen LogP contribution in [0.15, 0.2) is 27.2 Å². The summed E-state index contributed by atoms with van der Waals surface area (Å²) in [5.41, 5.74) is -1.13. The summed E-state index contributed by atoms with van der Waals surface area (Å²) in [5.74, 6) is 0.934. The van der Waals surface area contributed by atoms with Crippen molar-refractivity contribution in [1.82, 2.24) is 10.2 Å². The maximum Gasteiger partial charge on any atom is 0.283 e. The third kappa shape index (κ3) is 1.54. The predicted molar refractivity (Wildman–Crippen MR) is 47.2 cm³/mol. The van der Waals surface area contributed by atoms with Crippen LogP contribution in [-0.2, 0) is 5.60 Å². The van der Waals surface area contributed by atoms with Crippen LogP contribution in [0.3, 0.4) is 0 Å². The average Bonchev–Trinajstić information content (AvgIpc) is 2.73. The maximum atomic E-state index is 9.57. The third-order valence-electron chi connectivity index (χ3n) is 1.68. The Labute approximate surface area is 80.4 Å². The van der Waals surface area contributed by atoms with Crippen LogP contribution in [0.4, 0.5) is 0 Å². The number of hydrogen-bond donors (Lipinski definition) is 1. The second-order valence-electron chi connectivity index (χ2n) is 3.45. The first-order valence-electron chi connectivity index (χ1n) is 4.17. The maximum absolute atomic E-state index is 9.57. The van der Waals surface area contributed by atoms with Gasteiger partial charge in [-0.2, -0.15) is 0 Å². The Bertz CT molecular complexity index is 411. The standard InChI is InChI=1S/C9H10N2O3/c1-9(2,12)8-11-10-7(14-8)6-4-3-5-13-6/h3-5,12H,1-2H3. The van der Waals surface area contributed by atoms with E-state index in [1.54, 1.807) is 26.0 Å². The summed E-state index contributed by atoms with van der Waals surface area (Å²) in [6, 6.07) is 3.44. The van der Waals surface area contributed by atoms with Gasteiger partial charge in [-0.1, -0.05) is 0 Å². The van der Waals surface area contributed by atoms with Crippen LogP contribution in [0.1, 0.15) is 19.7 Å². The molecular formula is C9H10N2O3. The van der Waals surface area contributed by atoms with Crippen LogP contribution in [0, 0.1) is 0 Å². The van der Waals surface area contributed by atoms with Gasteiger partial charge in [0, 0.05) is 0 Å². The molecule has 0 spiro atoms. The largest absolute Gasteiger partial charge is 0.459 e. The lowest BCUT2D eigenvalue weighted by atomic mass is 10.1. The van der Waals surface area contributed by atoms with E-state index in [0.29, 0.717) is 5.76 Å². The summed E-state index contributed by atoms with van der Waals surface area (Å²) in [4.78, 5) is 0. The fraction of sp³-hybridized carbons (Fsp3) is 0.333. The molecule has 0 bridgehead atoms. The molecule has 0 aliphatic heterocycles. The van der Waals surface area contributed by atoms with Crippen LogP contribution in [0.2, 0.25) is 0 Å². The molecule has 0 unspecified atom stereocenters. The number of hydrogen-bond acceptors (Lipinski definition) is 5. The molecule has 2 heterocycles. The third-order valence-corrected chi connectivity index (χ3v) is 1.68. The molecule has 74 valence electrons. The Balaban J connectivity index is 2.36. The smallest absolute Gasteiger partial charge is 0.283 e. The van der Waals surface area contributed by atoms with Crippen molar-refractivity contribution < 1.29 is 13.9 Å².